The third kappa shape index (κ3) is 4.84. The number of amides is 3. The fraction of sp³-hybridized carbons (Fsp3) is 0.407. The second kappa shape index (κ2) is 10.5. The SMILES string of the molecule is CCCc1c(OCCCCN2C(=O)N(C)C(C)(c3cccnc3)C2=O)ccc2c(C(F)(F)F)cc(=O)oc12. The van der Waals surface area contributed by atoms with Crippen LogP contribution in [0.4, 0.5) is 18.0 Å². The molecule has 3 heterocycles. The van der Waals surface area contributed by atoms with Gasteiger partial charge in [0.05, 0.1) is 12.2 Å². The molecule has 1 atom stereocenters. The van der Waals surface area contributed by atoms with Gasteiger partial charge in [0.15, 0.2) is 0 Å². The summed E-state index contributed by atoms with van der Waals surface area (Å²) in [6, 6.07) is 6.20. The van der Waals surface area contributed by atoms with E-state index in [0.29, 0.717) is 48.6 Å². The van der Waals surface area contributed by atoms with Crippen LogP contribution in [0, 0.1) is 0 Å². The highest BCUT2D eigenvalue weighted by molar-refractivity contribution is 6.07. The Kier molecular flexibility index (Phi) is 7.48. The van der Waals surface area contributed by atoms with E-state index in [4.69, 9.17) is 9.15 Å². The standard InChI is InChI=1S/C27H28F3N3O5/c1-4-8-19-21(11-10-18-20(27(28,29)30)15-22(34)38-23(18)19)37-14-6-5-13-33-24(35)26(2,32(3)25(33)36)17-9-7-12-31-16-17/h7,9-12,15-16H,4-6,8,13-14H2,1-3H3. The van der Waals surface area contributed by atoms with Crippen LogP contribution in [0.15, 0.2) is 51.9 Å². The highest BCUT2D eigenvalue weighted by Crippen LogP contribution is 2.38. The van der Waals surface area contributed by atoms with Gasteiger partial charge in [-0.25, -0.2) is 9.59 Å². The molecule has 1 aromatic carbocycles. The predicted molar refractivity (Wildman–Crippen MR) is 133 cm³/mol. The van der Waals surface area contributed by atoms with Gasteiger partial charge in [0.25, 0.3) is 5.91 Å². The van der Waals surface area contributed by atoms with Crippen molar-refractivity contribution in [2.45, 2.75) is 51.2 Å². The zero-order valence-electron chi connectivity index (χ0n) is 21.3. The summed E-state index contributed by atoms with van der Waals surface area (Å²) >= 11 is 0. The second-order valence-corrected chi connectivity index (χ2v) is 9.31. The molecular weight excluding hydrogens is 503 g/mol. The van der Waals surface area contributed by atoms with Crippen LogP contribution in [-0.4, -0.2) is 46.9 Å². The lowest BCUT2D eigenvalue weighted by molar-refractivity contribution is -0.136. The number of alkyl halides is 3. The lowest BCUT2D eigenvalue weighted by atomic mass is 9.92. The third-order valence-corrected chi connectivity index (χ3v) is 6.89. The van der Waals surface area contributed by atoms with Gasteiger partial charge in [-0.1, -0.05) is 19.4 Å². The molecule has 2 aromatic heterocycles. The van der Waals surface area contributed by atoms with E-state index in [2.05, 4.69) is 4.98 Å². The summed E-state index contributed by atoms with van der Waals surface area (Å²) in [5, 5.41) is -0.195. The van der Waals surface area contributed by atoms with E-state index in [0.717, 1.165) is 0 Å². The summed E-state index contributed by atoms with van der Waals surface area (Å²) in [6.07, 6.45) is 0.335. The van der Waals surface area contributed by atoms with Gasteiger partial charge in [0.1, 0.15) is 16.9 Å². The number of pyridine rings is 1. The van der Waals surface area contributed by atoms with Crippen molar-refractivity contribution in [2.75, 3.05) is 20.2 Å². The van der Waals surface area contributed by atoms with Gasteiger partial charge in [-0.15, -0.1) is 0 Å². The minimum atomic E-state index is -4.70. The van der Waals surface area contributed by atoms with E-state index in [1.54, 1.807) is 38.5 Å². The zero-order valence-corrected chi connectivity index (χ0v) is 21.3. The van der Waals surface area contributed by atoms with Crippen molar-refractivity contribution in [3.63, 3.8) is 0 Å². The number of imide groups is 1. The Balaban J connectivity index is 1.44. The van der Waals surface area contributed by atoms with Crippen LogP contribution in [0.5, 0.6) is 5.75 Å². The van der Waals surface area contributed by atoms with E-state index >= 15 is 0 Å². The number of nitrogens with zero attached hydrogens (tertiary/aromatic N) is 3. The molecule has 0 spiro atoms. The minimum absolute atomic E-state index is 0.129. The number of hydrogen-bond donors (Lipinski definition) is 0. The van der Waals surface area contributed by atoms with Gasteiger partial charge in [-0.2, -0.15) is 13.2 Å². The summed E-state index contributed by atoms with van der Waals surface area (Å²) in [5.41, 5.74) is -2.39. The van der Waals surface area contributed by atoms with Crippen LogP contribution in [-0.2, 0) is 22.9 Å². The smallest absolute Gasteiger partial charge is 0.417 e. The van der Waals surface area contributed by atoms with Crippen LogP contribution in [0.25, 0.3) is 11.0 Å². The molecule has 3 amide bonds. The van der Waals surface area contributed by atoms with Crippen LogP contribution in [0.1, 0.15) is 49.8 Å². The number of aromatic nitrogens is 1. The number of unbranched alkanes of at least 4 members (excludes halogenated alkanes) is 1. The Hall–Kier alpha value is -3.89. The van der Waals surface area contributed by atoms with Crippen molar-refractivity contribution in [3.8, 4) is 5.75 Å². The van der Waals surface area contributed by atoms with E-state index in [1.807, 2.05) is 6.92 Å². The molecular formula is C27H28F3N3O5. The number of carbonyl (C=O) groups is 2. The van der Waals surface area contributed by atoms with Crippen molar-refractivity contribution in [2.24, 2.45) is 0 Å². The molecule has 3 aromatic rings. The van der Waals surface area contributed by atoms with Crippen LogP contribution in [0.3, 0.4) is 0 Å². The van der Waals surface area contributed by atoms with Gasteiger partial charge in [-0.05, 0) is 44.4 Å². The van der Waals surface area contributed by atoms with Crippen LogP contribution >= 0.6 is 0 Å². The maximum Gasteiger partial charge on any atom is 0.417 e. The number of ether oxygens (including phenoxy) is 1. The fourth-order valence-electron chi connectivity index (χ4n) is 4.71. The average molecular weight is 532 g/mol. The van der Waals surface area contributed by atoms with Crippen LogP contribution in [0.2, 0.25) is 0 Å². The fourth-order valence-corrected chi connectivity index (χ4v) is 4.71. The second-order valence-electron chi connectivity index (χ2n) is 9.31. The predicted octanol–water partition coefficient (Wildman–Crippen LogP) is 5.13. The normalized spacial score (nSPS) is 18.1. The highest BCUT2D eigenvalue weighted by atomic mass is 19.4. The first kappa shape index (κ1) is 27.2. The molecule has 1 fully saturated rings. The number of halogens is 3. The molecule has 1 aliphatic rings. The molecule has 8 nitrogen and oxygen atoms in total. The molecule has 0 saturated carbocycles. The summed E-state index contributed by atoms with van der Waals surface area (Å²) in [5.74, 6) is -0.00628. The number of hydrogen-bond acceptors (Lipinski definition) is 6. The van der Waals surface area contributed by atoms with Crippen molar-refractivity contribution < 1.29 is 31.9 Å². The number of fused-ring (bicyclic) bond motifs is 1. The average Bonchev–Trinajstić information content (AvgIpc) is 3.05. The van der Waals surface area contributed by atoms with Gasteiger partial charge in [-0.3, -0.25) is 14.7 Å². The Labute approximate surface area is 217 Å². The lowest BCUT2D eigenvalue weighted by Crippen LogP contribution is -2.42. The molecule has 0 bridgehead atoms. The number of carbonyl (C=O) groups excluding carboxylic acids is 2. The first-order chi connectivity index (χ1) is 18.0. The monoisotopic (exact) mass is 531 g/mol. The molecule has 1 saturated heterocycles. The summed E-state index contributed by atoms with van der Waals surface area (Å²) < 4.78 is 51.5. The minimum Gasteiger partial charge on any atom is -0.493 e. The highest BCUT2D eigenvalue weighted by Gasteiger charge is 2.53. The zero-order chi connectivity index (χ0) is 27.7. The van der Waals surface area contributed by atoms with Gasteiger partial charge in [0, 0.05) is 48.6 Å². The lowest BCUT2D eigenvalue weighted by Gasteiger charge is -2.28. The van der Waals surface area contributed by atoms with Gasteiger partial charge >= 0.3 is 17.8 Å². The van der Waals surface area contributed by atoms with Gasteiger partial charge in [0.2, 0.25) is 0 Å². The molecule has 0 N–H and O–H groups in total. The topological polar surface area (TPSA) is 93.0 Å². The quantitative estimate of drug-likeness (QED) is 0.216. The summed E-state index contributed by atoms with van der Waals surface area (Å²) in [4.78, 5) is 44.6. The van der Waals surface area contributed by atoms with E-state index in [-0.39, 0.29) is 30.0 Å². The number of rotatable bonds is 9. The summed E-state index contributed by atoms with van der Waals surface area (Å²) in [7, 11) is 1.58. The first-order valence-electron chi connectivity index (χ1n) is 12.3. The number of benzene rings is 1. The van der Waals surface area contributed by atoms with Crippen molar-refractivity contribution >= 4 is 22.9 Å². The van der Waals surface area contributed by atoms with E-state index in [1.165, 1.54) is 21.9 Å². The molecule has 1 unspecified atom stereocenters. The molecule has 4 rings (SSSR count). The molecule has 0 radical (unpaired) electrons. The maximum atomic E-state index is 13.5. The van der Waals surface area contributed by atoms with Crippen LogP contribution < -0.4 is 10.4 Å². The molecule has 202 valence electrons. The molecule has 11 heteroatoms. The number of urea groups is 1. The molecule has 1 aliphatic heterocycles. The number of likely N-dealkylation sites (N-methyl/N-ethyl adjacent to an activating group) is 1. The van der Waals surface area contributed by atoms with Crippen molar-refractivity contribution in [1.82, 2.24) is 14.8 Å². The van der Waals surface area contributed by atoms with Crippen molar-refractivity contribution in [3.05, 3.63) is 69.8 Å². The Morgan fingerprint density at radius 2 is 1.89 bits per heavy atom. The van der Waals surface area contributed by atoms with E-state index < -0.39 is 28.9 Å². The van der Waals surface area contributed by atoms with Gasteiger partial charge < -0.3 is 14.1 Å². The van der Waals surface area contributed by atoms with Crippen molar-refractivity contribution in [1.29, 1.82) is 0 Å². The maximum absolute atomic E-state index is 13.5. The number of aryl methyl sites for hydroxylation is 1. The Bertz CT molecular complexity index is 1410. The Morgan fingerprint density at radius 1 is 1.13 bits per heavy atom. The van der Waals surface area contributed by atoms with E-state index in [9.17, 15) is 27.6 Å². The molecule has 0 aliphatic carbocycles. The summed E-state index contributed by atoms with van der Waals surface area (Å²) in [6.45, 7) is 3.92. The first-order valence-corrected chi connectivity index (χ1v) is 12.3. The third-order valence-electron chi connectivity index (χ3n) is 6.89. The largest absolute Gasteiger partial charge is 0.493 e. The Morgan fingerprint density at radius 3 is 2.55 bits per heavy atom. The molecule has 38 heavy (non-hydrogen) atoms.